The molecule has 0 unspecified atom stereocenters. The third-order valence-corrected chi connectivity index (χ3v) is 4.14. The van der Waals surface area contributed by atoms with Crippen LogP contribution in [0.3, 0.4) is 0 Å². The summed E-state index contributed by atoms with van der Waals surface area (Å²) < 4.78 is 10.6. The van der Waals surface area contributed by atoms with E-state index in [4.69, 9.17) is 32.5 Å². The van der Waals surface area contributed by atoms with Crippen LogP contribution in [-0.4, -0.2) is 34.6 Å². The number of likely N-dealkylation sites (N-methyl/N-ethyl adjacent to an activating group) is 1. The Morgan fingerprint density at radius 1 is 1.15 bits per heavy atom. The molecule has 2 aromatic carbocycles. The maximum absolute atomic E-state index is 12.2. The molecular formula is C18H15Cl2N3O3. The first kappa shape index (κ1) is 18.2. The highest BCUT2D eigenvalue weighted by molar-refractivity contribution is 6.33. The molecule has 0 aliphatic rings. The average Bonchev–Trinajstić information content (AvgIpc) is 3.09. The van der Waals surface area contributed by atoms with Crippen LogP contribution >= 0.6 is 23.2 Å². The van der Waals surface area contributed by atoms with Crippen molar-refractivity contribution in [2.24, 2.45) is 0 Å². The van der Waals surface area contributed by atoms with Gasteiger partial charge in [-0.15, -0.1) is 0 Å². The molecule has 0 saturated heterocycles. The Bertz CT molecular complexity index is 897. The minimum absolute atomic E-state index is 0.107. The smallest absolute Gasteiger partial charge is 0.260 e. The number of aromatic nitrogens is 2. The van der Waals surface area contributed by atoms with Gasteiger partial charge in [0, 0.05) is 17.6 Å². The van der Waals surface area contributed by atoms with Crippen LogP contribution < -0.4 is 4.74 Å². The lowest BCUT2D eigenvalue weighted by Gasteiger charge is -2.15. The van der Waals surface area contributed by atoms with Crippen LogP contribution in [0, 0.1) is 0 Å². The Labute approximate surface area is 160 Å². The molecule has 0 fully saturated rings. The van der Waals surface area contributed by atoms with E-state index < -0.39 is 0 Å². The number of carbonyl (C=O) groups excluding carboxylic acids is 1. The SMILES string of the molecule is CN(Cc1nc(-c2ccccc2Cl)no1)C(=O)COc1ccc(Cl)cc1. The molecule has 26 heavy (non-hydrogen) atoms. The van der Waals surface area contributed by atoms with E-state index in [-0.39, 0.29) is 19.1 Å². The van der Waals surface area contributed by atoms with Gasteiger partial charge >= 0.3 is 0 Å². The maximum Gasteiger partial charge on any atom is 0.260 e. The summed E-state index contributed by atoms with van der Waals surface area (Å²) in [6.07, 6.45) is 0. The molecule has 0 atom stereocenters. The Morgan fingerprint density at radius 3 is 2.62 bits per heavy atom. The normalized spacial score (nSPS) is 10.6. The van der Waals surface area contributed by atoms with Gasteiger partial charge in [0.25, 0.3) is 5.91 Å². The number of amides is 1. The van der Waals surface area contributed by atoms with Crippen molar-refractivity contribution in [2.45, 2.75) is 6.54 Å². The molecule has 0 aliphatic carbocycles. The molecule has 1 heterocycles. The number of rotatable bonds is 6. The highest BCUT2D eigenvalue weighted by atomic mass is 35.5. The Hall–Kier alpha value is -2.57. The minimum atomic E-state index is -0.225. The predicted molar refractivity (Wildman–Crippen MR) is 98.2 cm³/mol. The minimum Gasteiger partial charge on any atom is -0.484 e. The first-order valence-electron chi connectivity index (χ1n) is 7.73. The molecule has 8 heteroatoms. The van der Waals surface area contributed by atoms with Crippen LogP contribution in [0.25, 0.3) is 11.4 Å². The average molecular weight is 392 g/mol. The molecule has 1 amide bonds. The highest BCUT2D eigenvalue weighted by Crippen LogP contribution is 2.25. The zero-order valence-electron chi connectivity index (χ0n) is 13.9. The standard InChI is InChI=1S/C18H15Cl2N3O3/c1-23(17(24)11-25-13-8-6-12(19)7-9-13)10-16-21-18(22-26-16)14-4-2-3-5-15(14)20/h2-9H,10-11H2,1H3. The number of benzene rings is 2. The number of halogens is 2. The van der Waals surface area contributed by atoms with E-state index in [9.17, 15) is 4.79 Å². The Morgan fingerprint density at radius 2 is 1.88 bits per heavy atom. The lowest BCUT2D eigenvalue weighted by Crippen LogP contribution is -2.31. The molecule has 134 valence electrons. The van der Waals surface area contributed by atoms with Crippen molar-refractivity contribution in [3.05, 3.63) is 64.5 Å². The molecule has 0 aliphatic heterocycles. The lowest BCUT2D eigenvalue weighted by molar-refractivity contribution is -0.132. The highest BCUT2D eigenvalue weighted by Gasteiger charge is 2.16. The largest absolute Gasteiger partial charge is 0.484 e. The van der Waals surface area contributed by atoms with Crippen molar-refractivity contribution in [3.8, 4) is 17.1 Å². The number of carbonyl (C=O) groups is 1. The molecule has 1 aromatic heterocycles. The fourth-order valence-corrected chi connectivity index (χ4v) is 2.49. The van der Waals surface area contributed by atoms with Crippen LogP contribution in [0.15, 0.2) is 53.1 Å². The first-order valence-corrected chi connectivity index (χ1v) is 8.48. The molecule has 0 N–H and O–H groups in total. The molecule has 6 nitrogen and oxygen atoms in total. The second-order valence-electron chi connectivity index (χ2n) is 5.48. The summed E-state index contributed by atoms with van der Waals surface area (Å²) in [4.78, 5) is 17.9. The first-order chi connectivity index (χ1) is 12.5. The van der Waals surface area contributed by atoms with E-state index >= 15 is 0 Å². The predicted octanol–water partition coefficient (Wildman–Crippen LogP) is 4.08. The summed E-state index contributed by atoms with van der Waals surface area (Å²) in [5.74, 6) is 1.03. The van der Waals surface area contributed by atoms with Crippen molar-refractivity contribution in [3.63, 3.8) is 0 Å². The summed E-state index contributed by atoms with van der Waals surface area (Å²) in [5, 5.41) is 5.04. The van der Waals surface area contributed by atoms with Gasteiger partial charge in [-0.25, -0.2) is 0 Å². The fourth-order valence-electron chi connectivity index (χ4n) is 2.15. The molecule has 0 saturated carbocycles. The quantitative estimate of drug-likeness (QED) is 0.632. The van der Waals surface area contributed by atoms with Crippen LogP contribution in [0.1, 0.15) is 5.89 Å². The third-order valence-electron chi connectivity index (χ3n) is 3.56. The summed E-state index contributed by atoms with van der Waals surface area (Å²) >= 11 is 11.9. The fraction of sp³-hybridized carbons (Fsp3) is 0.167. The zero-order chi connectivity index (χ0) is 18.5. The van der Waals surface area contributed by atoms with Crippen molar-refractivity contribution in [1.82, 2.24) is 15.0 Å². The van der Waals surface area contributed by atoms with E-state index in [0.29, 0.717) is 33.1 Å². The van der Waals surface area contributed by atoms with Crippen molar-refractivity contribution < 1.29 is 14.1 Å². The van der Waals surface area contributed by atoms with Gasteiger partial charge in [-0.2, -0.15) is 4.98 Å². The maximum atomic E-state index is 12.2. The Kier molecular flexibility index (Phi) is 5.75. The number of nitrogens with zero attached hydrogens (tertiary/aromatic N) is 3. The lowest BCUT2D eigenvalue weighted by atomic mass is 10.2. The van der Waals surface area contributed by atoms with Gasteiger partial charge in [0.05, 0.1) is 11.6 Å². The molecule has 0 spiro atoms. The number of hydrogen-bond donors (Lipinski definition) is 0. The van der Waals surface area contributed by atoms with Gasteiger partial charge in [0.2, 0.25) is 11.7 Å². The van der Waals surface area contributed by atoms with Crippen molar-refractivity contribution in [1.29, 1.82) is 0 Å². The Balaban J connectivity index is 1.57. The summed E-state index contributed by atoms with van der Waals surface area (Å²) in [5.41, 5.74) is 0.671. The summed E-state index contributed by atoms with van der Waals surface area (Å²) in [6.45, 7) is 0.0594. The van der Waals surface area contributed by atoms with Gasteiger partial charge < -0.3 is 14.2 Å². The van der Waals surface area contributed by atoms with Crippen LogP contribution in [0.5, 0.6) is 5.75 Å². The molecular weight excluding hydrogens is 377 g/mol. The van der Waals surface area contributed by atoms with E-state index in [1.165, 1.54) is 4.90 Å². The van der Waals surface area contributed by atoms with Gasteiger partial charge in [-0.3, -0.25) is 4.79 Å². The topological polar surface area (TPSA) is 68.5 Å². The summed E-state index contributed by atoms with van der Waals surface area (Å²) in [7, 11) is 1.63. The van der Waals surface area contributed by atoms with Crippen LogP contribution in [0.4, 0.5) is 0 Å². The van der Waals surface area contributed by atoms with Crippen LogP contribution in [-0.2, 0) is 11.3 Å². The molecule has 0 bridgehead atoms. The number of ether oxygens (including phenoxy) is 1. The van der Waals surface area contributed by atoms with Gasteiger partial charge in [0.15, 0.2) is 6.61 Å². The monoisotopic (exact) mass is 391 g/mol. The molecule has 3 aromatic rings. The van der Waals surface area contributed by atoms with Crippen molar-refractivity contribution >= 4 is 29.1 Å². The van der Waals surface area contributed by atoms with Gasteiger partial charge in [-0.1, -0.05) is 40.5 Å². The zero-order valence-corrected chi connectivity index (χ0v) is 15.4. The second-order valence-corrected chi connectivity index (χ2v) is 6.33. The van der Waals surface area contributed by atoms with Gasteiger partial charge in [0.1, 0.15) is 5.75 Å². The summed E-state index contributed by atoms with van der Waals surface area (Å²) in [6, 6.07) is 14.0. The van der Waals surface area contributed by atoms with E-state index in [0.717, 1.165) is 0 Å². The van der Waals surface area contributed by atoms with E-state index in [2.05, 4.69) is 10.1 Å². The second kappa shape index (κ2) is 8.21. The van der Waals surface area contributed by atoms with Crippen LogP contribution in [0.2, 0.25) is 10.0 Å². The number of hydrogen-bond acceptors (Lipinski definition) is 5. The molecule has 3 rings (SSSR count). The van der Waals surface area contributed by atoms with E-state index in [1.807, 2.05) is 12.1 Å². The third kappa shape index (κ3) is 4.53. The van der Waals surface area contributed by atoms with E-state index in [1.54, 1.807) is 43.4 Å². The van der Waals surface area contributed by atoms with Crippen molar-refractivity contribution in [2.75, 3.05) is 13.7 Å². The molecule has 0 radical (unpaired) electrons. The van der Waals surface area contributed by atoms with Gasteiger partial charge in [-0.05, 0) is 36.4 Å².